The quantitative estimate of drug-likeness (QED) is 0.777. The van der Waals surface area contributed by atoms with Crippen molar-refractivity contribution in [2.45, 2.75) is 23.2 Å². The Morgan fingerprint density at radius 3 is 2.44 bits per heavy atom. The molecule has 0 bridgehead atoms. The molecule has 1 amide bonds. The highest BCUT2D eigenvalue weighted by molar-refractivity contribution is 7.99. The van der Waals surface area contributed by atoms with E-state index in [0.717, 1.165) is 4.90 Å². The van der Waals surface area contributed by atoms with Crippen molar-refractivity contribution in [3.8, 4) is 5.75 Å². The molecular formula is C19H17NO6S. The van der Waals surface area contributed by atoms with E-state index in [4.69, 9.17) is 4.74 Å². The summed E-state index contributed by atoms with van der Waals surface area (Å²) in [6.07, 6.45) is -1.20. The van der Waals surface area contributed by atoms with Gasteiger partial charge in [0.2, 0.25) is 0 Å². The number of hydrogen-bond acceptors (Lipinski definition) is 6. The predicted molar refractivity (Wildman–Crippen MR) is 98.7 cm³/mol. The molecule has 1 aliphatic heterocycles. The molecule has 2 unspecified atom stereocenters. The number of rotatable bonds is 4. The van der Waals surface area contributed by atoms with Gasteiger partial charge in [0, 0.05) is 11.8 Å². The standard InChI is InChI=1S/C19H17NO6S/c1-11(21)26-17-18(12-6-8-13(22)9-7-12)27-15-5-3-2-4-14(15)20(19(17)25)10-16(23)24/h2-9,17-18,22H,10H2,1H3,(H,23,24). The molecule has 0 saturated carbocycles. The van der Waals surface area contributed by atoms with Gasteiger partial charge in [-0.2, -0.15) is 0 Å². The maximum atomic E-state index is 13.2. The first-order chi connectivity index (χ1) is 12.9. The molecule has 0 spiro atoms. The summed E-state index contributed by atoms with van der Waals surface area (Å²) < 4.78 is 5.32. The van der Waals surface area contributed by atoms with Gasteiger partial charge in [0.15, 0.2) is 6.10 Å². The van der Waals surface area contributed by atoms with Crippen LogP contribution in [0.25, 0.3) is 0 Å². The molecule has 3 rings (SSSR count). The molecule has 27 heavy (non-hydrogen) atoms. The Kier molecular flexibility index (Phi) is 5.36. The molecule has 8 heteroatoms. The van der Waals surface area contributed by atoms with Crippen LogP contribution in [0.3, 0.4) is 0 Å². The number of aliphatic carboxylic acids is 1. The second-order valence-corrected chi connectivity index (χ2v) is 7.13. The second-order valence-electron chi connectivity index (χ2n) is 5.95. The highest BCUT2D eigenvalue weighted by atomic mass is 32.2. The van der Waals surface area contributed by atoms with Crippen LogP contribution in [0.2, 0.25) is 0 Å². The number of hydrogen-bond donors (Lipinski definition) is 2. The van der Waals surface area contributed by atoms with Gasteiger partial charge in [-0.1, -0.05) is 24.3 Å². The number of carbonyl (C=O) groups excluding carboxylic acids is 2. The molecule has 0 saturated heterocycles. The lowest BCUT2D eigenvalue weighted by molar-refractivity contribution is -0.153. The molecule has 2 atom stereocenters. The van der Waals surface area contributed by atoms with Crippen LogP contribution < -0.4 is 4.90 Å². The summed E-state index contributed by atoms with van der Waals surface area (Å²) in [5.74, 6) is -2.35. The van der Waals surface area contributed by atoms with Crippen molar-refractivity contribution < 1.29 is 29.3 Å². The number of benzene rings is 2. The number of esters is 1. The summed E-state index contributed by atoms with van der Waals surface area (Å²) in [5.41, 5.74) is 1.12. The lowest BCUT2D eigenvalue weighted by Crippen LogP contribution is -2.44. The average molecular weight is 387 g/mol. The van der Waals surface area contributed by atoms with Crippen molar-refractivity contribution in [2.75, 3.05) is 11.4 Å². The zero-order valence-electron chi connectivity index (χ0n) is 14.4. The van der Waals surface area contributed by atoms with Crippen molar-refractivity contribution in [1.82, 2.24) is 0 Å². The van der Waals surface area contributed by atoms with Gasteiger partial charge in [0.05, 0.1) is 10.9 Å². The minimum Gasteiger partial charge on any atom is -0.508 e. The molecule has 1 heterocycles. The van der Waals surface area contributed by atoms with E-state index >= 15 is 0 Å². The monoisotopic (exact) mass is 387 g/mol. The first-order valence-corrected chi connectivity index (χ1v) is 9.00. The van der Waals surface area contributed by atoms with E-state index in [9.17, 15) is 24.6 Å². The third-order valence-electron chi connectivity index (χ3n) is 4.00. The van der Waals surface area contributed by atoms with Crippen molar-refractivity contribution in [3.63, 3.8) is 0 Å². The average Bonchev–Trinajstić information content (AvgIpc) is 2.72. The number of aromatic hydroxyl groups is 1. The molecule has 0 aliphatic carbocycles. The maximum absolute atomic E-state index is 13.2. The summed E-state index contributed by atoms with van der Waals surface area (Å²) in [4.78, 5) is 37.9. The first-order valence-electron chi connectivity index (χ1n) is 8.12. The zero-order chi connectivity index (χ0) is 19.6. The third-order valence-corrected chi connectivity index (χ3v) is 5.37. The third kappa shape index (κ3) is 4.06. The number of nitrogens with zero attached hydrogens (tertiary/aromatic N) is 1. The Morgan fingerprint density at radius 2 is 1.81 bits per heavy atom. The Balaban J connectivity index is 2.12. The van der Waals surface area contributed by atoms with Gasteiger partial charge in [0.1, 0.15) is 12.3 Å². The molecular weight excluding hydrogens is 370 g/mol. The number of anilines is 1. The summed E-state index contributed by atoms with van der Waals surface area (Å²) in [7, 11) is 0. The summed E-state index contributed by atoms with van der Waals surface area (Å²) in [6, 6.07) is 13.2. The fraction of sp³-hybridized carbons (Fsp3) is 0.211. The van der Waals surface area contributed by atoms with Crippen LogP contribution in [-0.4, -0.2) is 40.7 Å². The van der Waals surface area contributed by atoms with Crippen LogP contribution in [0.5, 0.6) is 5.75 Å². The number of para-hydroxylation sites is 1. The van der Waals surface area contributed by atoms with Crippen LogP contribution in [0.15, 0.2) is 53.4 Å². The second kappa shape index (κ2) is 7.71. The molecule has 2 aromatic carbocycles. The highest BCUT2D eigenvalue weighted by Gasteiger charge is 2.41. The molecule has 140 valence electrons. The first kappa shape index (κ1) is 18.8. The highest BCUT2D eigenvalue weighted by Crippen LogP contribution is 2.46. The van der Waals surface area contributed by atoms with Crippen LogP contribution in [0.4, 0.5) is 5.69 Å². The molecule has 2 N–H and O–H groups in total. The molecule has 0 fully saturated rings. The predicted octanol–water partition coefficient (Wildman–Crippen LogP) is 2.59. The summed E-state index contributed by atoms with van der Waals surface area (Å²) >= 11 is 1.31. The maximum Gasteiger partial charge on any atom is 0.323 e. The number of ether oxygens (including phenoxy) is 1. The van der Waals surface area contributed by atoms with Gasteiger partial charge in [-0.15, -0.1) is 11.8 Å². The number of thioether (sulfide) groups is 1. The number of carboxylic acids is 1. The molecule has 1 aliphatic rings. The van der Waals surface area contributed by atoms with Crippen LogP contribution in [0.1, 0.15) is 17.7 Å². The van der Waals surface area contributed by atoms with E-state index in [1.807, 2.05) is 0 Å². The van der Waals surface area contributed by atoms with E-state index < -0.39 is 35.7 Å². The van der Waals surface area contributed by atoms with Crippen LogP contribution in [0, 0.1) is 0 Å². The number of amides is 1. The van der Waals surface area contributed by atoms with Crippen molar-refractivity contribution in [3.05, 3.63) is 54.1 Å². The normalized spacial score (nSPS) is 19.1. The Labute approximate surface area is 159 Å². The minimum absolute atomic E-state index is 0.0700. The van der Waals surface area contributed by atoms with Crippen molar-refractivity contribution in [2.24, 2.45) is 0 Å². The van der Waals surface area contributed by atoms with Crippen molar-refractivity contribution >= 4 is 35.3 Å². The van der Waals surface area contributed by atoms with Gasteiger partial charge in [0.25, 0.3) is 5.91 Å². The van der Waals surface area contributed by atoms with E-state index in [2.05, 4.69) is 0 Å². The zero-order valence-corrected chi connectivity index (χ0v) is 15.2. The molecule has 0 radical (unpaired) electrons. The van der Waals surface area contributed by atoms with E-state index in [1.165, 1.54) is 30.8 Å². The largest absolute Gasteiger partial charge is 0.508 e. The van der Waals surface area contributed by atoms with Gasteiger partial charge in [-0.25, -0.2) is 0 Å². The number of phenols is 1. The fourth-order valence-electron chi connectivity index (χ4n) is 2.88. The van der Waals surface area contributed by atoms with Gasteiger partial charge in [-0.05, 0) is 29.8 Å². The lowest BCUT2D eigenvalue weighted by Gasteiger charge is -2.26. The number of phenolic OH excluding ortho intramolecular Hbond substituents is 1. The summed E-state index contributed by atoms with van der Waals surface area (Å²) in [6.45, 7) is 0.655. The van der Waals surface area contributed by atoms with E-state index in [0.29, 0.717) is 16.1 Å². The SMILES string of the molecule is CC(=O)OC1C(=O)N(CC(=O)O)c2ccccc2SC1c1ccc(O)cc1. The smallest absolute Gasteiger partial charge is 0.323 e. The van der Waals surface area contributed by atoms with Gasteiger partial charge < -0.3 is 14.9 Å². The fourth-order valence-corrected chi connectivity index (χ4v) is 4.19. The number of fused-ring (bicyclic) bond motifs is 1. The minimum atomic E-state index is -1.20. The Hall–Kier alpha value is -3.00. The summed E-state index contributed by atoms with van der Waals surface area (Å²) in [5, 5.41) is 18.2. The van der Waals surface area contributed by atoms with Crippen molar-refractivity contribution in [1.29, 1.82) is 0 Å². The molecule has 2 aromatic rings. The Morgan fingerprint density at radius 1 is 1.15 bits per heavy atom. The van der Waals surface area contributed by atoms with E-state index in [-0.39, 0.29) is 5.75 Å². The lowest BCUT2D eigenvalue weighted by atomic mass is 10.1. The Bertz CT molecular complexity index is 882. The van der Waals surface area contributed by atoms with Gasteiger partial charge in [-0.3, -0.25) is 19.3 Å². The van der Waals surface area contributed by atoms with Crippen LogP contribution in [-0.2, 0) is 19.1 Å². The molecule has 7 nitrogen and oxygen atoms in total. The number of carbonyl (C=O) groups is 3. The molecule has 0 aromatic heterocycles. The van der Waals surface area contributed by atoms with Gasteiger partial charge >= 0.3 is 11.9 Å². The van der Waals surface area contributed by atoms with E-state index in [1.54, 1.807) is 36.4 Å². The number of carboxylic acid groups (broad SMARTS) is 1. The topological polar surface area (TPSA) is 104 Å². The van der Waals surface area contributed by atoms with Crippen LogP contribution >= 0.6 is 11.8 Å².